The summed E-state index contributed by atoms with van der Waals surface area (Å²) in [5.74, 6) is -1.25. The van der Waals surface area contributed by atoms with E-state index in [4.69, 9.17) is 10.4 Å². The first kappa shape index (κ1) is 15.1. The van der Waals surface area contributed by atoms with Gasteiger partial charge in [0.2, 0.25) is 10.0 Å². The van der Waals surface area contributed by atoms with E-state index in [2.05, 4.69) is 15.9 Å². The zero-order chi connectivity index (χ0) is 14.0. The molecule has 18 heavy (non-hydrogen) atoms. The quantitative estimate of drug-likeness (QED) is 0.840. The van der Waals surface area contributed by atoms with Crippen molar-refractivity contribution in [3.05, 3.63) is 28.2 Å². The maximum Gasteiger partial charge on any atom is 0.210 e. The molecule has 1 rings (SSSR count). The summed E-state index contributed by atoms with van der Waals surface area (Å²) in [6.45, 7) is 0. The third-order valence-corrected chi connectivity index (χ3v) is 5.75. The number of halogens is 1. The third-order valence-electron chi connectivity index (χ3n) is 2.03. The van der Waals surface area contributed by atoms with Gasteiger partial charge >= 0.3 is 0 Å². The van der Waals surface area contributed by atoms with Gasteiger partial charge in [0.1, 0.15) is 0 Å². The van der Waals surface area contributed by atoms with Gasteiger partial charge in [0.15, 0.2) is 9.84 Å². The normalized spacial score (nSPS) is 12.1. The highest BCUT2D eigenvalue weighted by molar-refractivity contribution is 9.10. The fraction of sp³-hybridized carbons (Fsp3) is 0.222. The third kappa shape index (κ3) is 4.06. The van der Waals surface area contributed by atoms with Crippen molar-refractivity contribution in [2.45, 2.75) is 4.90 Å². The average Bonchev–Trinajstić information content (AvgIpc) is 2.25. The molecule has 0 aliphatic heterocycles. The van der Waals surface area contributed by atoms with E-state index in [1.807, 2.05) is 6.07 Å². The van der Waals surface area contributed by atoms with Gasteiger partial charge < -0.3 is 0 Å². The number of sulfonamides is 1. The molecule has 1 aromatic rings. The summed E-state index contributed by atoms with van der Waals surface area (Å²) in [7, 11) is -7.60. The first-order chi connectivity index (χ1) is 8.15. The lowest BCUT2D eigenvalue weighted by Crippen LogP contribution is -2.23. The average molecular weight is 353 g/mol. The molecule has 0 heterocycles. The SMILES string of the molecule is N#Cc1ccc(S(=O)(=O)CCS(N)(=O)=O)c(Br)c1. The predicted octanol–water partition coefficient (Wildman–Crippen LogP) is 0.383. The molecule has 0 saturated heterocycles. The Morgan fingerprint density at radius 3 is 2.28 bits per heavy atom. The van der Waals surface area contributed by atoms with Gasteiger partial charge in [-0.15, -0.1) is 0 Å². The number of nitrogens with two attached hydrogens (primary N) is 1. The molecule has 0 saturated carbocycles. The summed E-state index contributed by atoms with van der Waals surface area (Å²) in [5, 5.41) is 13.4. The van der Waals surface area contributed by atoms with Crippen molar-refractivity contribution in [2.24, 2.45) is 5.14 Å². The molecular formula is C9H9BrN2O4S2. The van der Waals surface area contributed by atoms with Crippen LogP contribution in [0.15, 0.2) is 27.6 Å². The summed E-state index contributed by atoms with van der Waals surface area (Å²) >= 11 is 3.03. The van der Waals surface area contributed by atoms with E-state index in [0.29, 0.717) is 5.56 Å². The molecule has 0 aromatic heterocycles. The van der Waals surface area contributed by atoms with Crippen molar-refractivity contribution in [3.63, 3.8) is 0 Å². The Balaban J connectivity index is 3.11. The molecule has 0 spiro atoms. The van der Waals surface area contributed by atoms with Gasteiger partial charge in [-0.2, -0.15) is 5.26 Å². The number of rotatable bonds is 4. The Labute approximate surface area is 114 Å². The molecule has 0 fully saturated rings. The van der Waals surface area contributed by atoms with Gasteiger partial charge in [0.25, 0.3) is 0 Å². The van der Waals surface area contributed by atoms with Gasteiger partial charge in [-0.3, -0.25) is 0 Å². The fourth-order valence-electron chi connectivity index (χ4n) is 1.16. The first-order valence-electron chi connectivity index (χ1n) is 4.58. The van der Waals surface area contributed by atoms with E-state index in [1.165, 1.54) is 18.2 Å². The molecule has 0 bridgehead atoms. The van der Waals surface area contributed by atoms with Crippen LogP contribution in [0.25, 0.3) is 0 Å². The second-order valence-corrected chi connectivity index (χ2v) is 8.11. The summed E-state index contributed by atoms with van der Waals surface area (Å²) in [6, 6.07) is 5.81. The summed E-state index contributed by atoms with van der Waals surface area (Å²) < 4.78 is 45.5. The van der Waals surface area contributed by atoms with Gasteiger partial charge in [0, 0.05) is 4.47 Å². The Morgan fingerprint density at radius 1 is 1.22 bits per heavy atom. The number of benzene rings is 1. The lowest BCUT2D eigenvalue weighted by atomic mass is 10.2. The molecule has 0 amide bonds. The van der Waals surface area contributed by atoms with Crippen LogP contribution in [0.5, 0.6) is 0 Å². The number of hydrogen-bond donors (Lipinski definition) is 1. The minimum Gasteiger partial charge on any atom is -0.229 e. The van der Waals surface area contributed by atoms with Crippen molar-refractivity contribution >= 4 is 35.8 Å². The molecule has 2 N–H and O–H groups in total. The van der Waals surface area contributed by atoms with Gasteiger partial charge in [-0.05, 0) is 34.1 Å². The molecule has 98 valence electrons. The van der Waals surface area contributed by atoms with Gasteiger partial charge in [0.05, 0.1) is 28.0 Å². The highest BCUT2D eigenvalue weighted by Crippen LogP contribution is 2.24. The summed E-state index contributed by atoms with van der Waals surface area (Å²) in [5.41, 5.74) is 0.298. The van der Waals surface area contributed by atoms with Gasteiger partial charge in [-0.25, -0.2) is 22.0 Å². The number of hydrogen-bond acceptors (Lipinski definition) is 5. The van der Waals surface area contributed by atoms with E-state index in [-0.39, 0.29) is 9.37 Å². The molecule has 6 nitrogen and oxygen atoms in total. The predicted molar refractivity (Wildman–Crippen MR) is 68.9 cm³/mol. The molecule has 0 aliphatic rings. The lowest BCUT2D eigenvalue weighted by molar-refractivity contribution is 0.588. The van der Waals surface area contributed by atoms with Crippen LogP contribution in [0, 0.1) is 11.3 Å². The van der Waals surface area contributed by atoms with E-state index in [0.717, 1.165) is 0 Å². The van der Waals surface area contributed by atoms with Crippen molar-refractivity contribution in [3.8, 4) is 6.07 Å². The molecule has 0 aliphatic carbocycles. The van der Waals surface area contributed by atoms with Crippen molar-refractivity contribution in [1.29, 1.82) is 5.26 Å². The lowest BCUT2D eigenvalue weighted by Gasteiger charge is -2.06. The topological polar surface area (TPSA) is 118 Å². The van der Waals surface area contributed by atoms with Crippen LogP contribution in [-0.4, -0.2) is 28.3 Å². The second-order valence-electron chi connectivity index (χ2n) is 3.44. The smallest absolute Gasteiger partial charge is 0.210 e. The maximum atomic E-state index is 11.9. The molecular weight excluding hydrogens is 344 g/mol. The van der Waals surface area contributed by atoms with Gasteiger partial charge in [-0.1, -0.05) is 0 Å². The monoisotopic (exact) mass is 352 g/mol. The fourth-order valence-corrected chi connectivity index (χ4v) is 4.94. The van der Waals surface area contributed by atoms with Crippen LogP contribution in [-0.2, 0) is 19.9 Å². The van der Waals surface area contributed by atoms with Crippen molar-refractivity contribution in [2.75, 3.05) is 11.5 Å². The van der Waals surface area contributed by atoms with Crippen LogP contribution in [0.3, 0.4) is 0 Å². The highest BCUT2D eigenvalue weighted by Gasteiger charge is 2.20. The molecule has 9 heteroatoms. The number of nitriles is 1. The number of sulfone groups is 1. The summed E-state index contributed by atoms with van der Waals surface area (Å²) in [4.78, 5) is -0.0647. The van der Waals surface area contributed by atoms with E-state index in [1.54, 1.807) is 0 Å². The standard InChI is InChI=1S/C9H9BrN2O4S2/c10-8-5-7(6-11)1-2-9(8)17(13,14)3-4-18(12,15)16/h1-2,5H,3-4H2,(H2,12,15,16). The molecule has 0 unspecified atom stereocenters. The molecule has 1 aromatic carbocycles. The Kier molecular flexibility index (Phi) is 4.50. The largest absolute Gasteiger partial charge is 0.229 e. The minimum absolute atomic E-state index is 0.0647. The van der Waals surface area contributed by atoms with Crippen LogP contribution >= 0.6 is 15.9 Å². The minimum atomic E-state index is -3.84. The zero-order valence-corrected chi connectivity index (χ0v) is 12.2. The number of primary sulfonamides is 1. The Bertz CT molecular complexity index is 705. The number of nitrogens with zero attached hydrogens (tertiary/aromatic N) is 1. The van der Waals surface area contributed by atoms with Crippen LogP contribution < -0.4 is 5.14 Å². The van der Waals surface area contributed by atoms with Crippen molar-refractivity contribution < 1.29 is 16.8 Å². The van der Waals surface area contributed by atoms with Crippen molar-refractivity contribution in [1.82, 2.24) is 0 Å². The maximum absolute atomic E-state index is 11.9. The first-order valence-corrected chi connectivity index (χ1v) is 8.75. The zero-order valence-electron chi connectivity index (χ0n) is 9.00. The van der Waals surface area contributed by atoms with Crippen LogP contribution in [0.2, 0.25) is 0 Å². The van der Waals surface area contributed by atoms with E-state index >= 15 is 0 Å². The Morgan fingerprint density at radius 2 is 1.83 bits per heavy atom. The molecule has 0 radical (unpaired) electrons. The van der Waals surface area contributed by atoms with Crippen LogP contribution in [0.1, 0.15) is 5.56 Å². The highest BCUT2D eigenvalue weighted by atomic mass is 79.9. The Hall–Kier alpha value is -0.950. The van der Waals surface area contributed by atoms with E-state index in [9.17, 15) is 16.8 Å². The molecule has 0 atom stereocenters. The second kappa shape index (κ2) is 5.36. The summed E-state index contributed by atoms with van der Waals surface area (Å²) in [6.07, 6.45) is 0. The van der Waals surface area contributed by atoms with E-state index < -0.39 is 31.4 Å². The van der Waals surface area contributed by atoms with Crippen LogP contribution in [0.4, 0.5) is 0 Å².